The first kappa shape index (κ1) is 17.2. The van der Waals surface area contributed by atoms with Crippen LogP contribution in [0.3, 0.4) is 0 Å². The smallest absolute Gasteiger partial charge is 0.315 e. The van der Waals surface area contributed by atoms with Gasteiger partial charge in [-0.1, -0.05) is 6.92 Å². The lowest BCUT2D eigenvalue weighted by atomic mass is 10.2. The van der Waals surface area contributed by atoms with Gasteiger partial charge in [0.2, 0.25) is 0 Å². The molecule has 1 heterocycles. The summed E-state index contributed by atoms with van der Waals surface area (Å²) >= 11 is 1.90. The van der Waals surface area contributed by atoms with Crippen LogP contribution in [0, 0.1) is 19.8 Å². The van der Waals surface area contributed by atoms with Crippen molar-refractivity contribution >= 4 is 17.8 Å². The van der Waals surface area contributed by atoms with Crippen molar-refractivity contribution in [3.63, 3.8) is 0 Å². The van der Waals surface area contributed by atoms with Crippen LogP contribution in [-0.2, 0) is 6.54 Å². The maximum Gasteiger partial charge on any atom is 0.315 e. The Morgan fingerprint density at radius 2 is 2.27 bits per heavy atom. The average molecular weight is 324 g/mol. The summed E-state index contributed by atoms with van der Waals surface area (Å²) in [5.41, 5.74) is 2.21. The monoisotopic (exact) mass is 324 g/mol. The van der Waals surface area contributed by atoms with Crippen LogP contribution in [0.1, 0.15) is 37.6 Å². The van der Waals surface area contributed by atoms with Crippen LogP contribution < -0.4 is 10.6 Å². The second-order valence-electron chi connectivity index (χ2n) is 6.44. The lowest BCUT2D eigenvalue weighted by Gasteiger charge is -2.17. The molecule has 0 unspecified atom stereocenters. The summed E-state index contributed by atoms with van der Waals surface area (Å²) in [7, 11) is 0. The van der Waals surface area contributed by atoms with Gasteiger partial charge < -0.3 is 10.6 Å². The highest BCUT2D eigenvalue weighted by molar-refractivity contribution is 7.99. The molecule has 1 aliphatic carbocycles. The summed E-state index contributed by atoms with van der Waals surface area (Å²) in [5, 5.41) is 11.3. The van der Waals surface area contributed by atoms with Crippen molar-refractivity contribution in [1.29, 1.82) is 0 Å². The van der Waals surface area contributed by atoms with Crippen molar-refractivity contribution in [2.75, 3.05) is 12.8 Å². The van der Waals surface area contributed by atoms with Crippen molar-refractivity contribution in [3.05, 3.63) is 17.5 Å². The van der Waals surface area contributed by atoms with Gasteiger partial charge in [0, 0.05) is 30.1 Å². The van der Waals surface area contributed by atoms with E-state index in [0.29, 0.717) is 23.8 Å². The minimum absolute atomic E-state index is 0.0352. The van der Waals surface area contributed by atoms with Crippen LogP contribution in [0.25, 0.3) is 0 Å². The maximum absolute atomic E-state index is 12.0. The number of amides is 2. The zero-order valence-corrected chi connectivity index (χ0v) is 14.9. The van der Waals surface area contributed by atoms with E-state index in [4.69, 9.17) is 0 Å². The van der Waals surface area contributed by atoms with Crippen molar-refractivity contribution < 1.29 is 4.79 Å². The van der Waals surface area contributed by atoms with E-state index in [1.165, 1.54) is 12.1 Å². The molecule has 0 saturated heterocycles. The van der Waals surface area contributed by atoms with Gasteiger partial charge in [-0.15, -0.1) is 0 Å². The molecule has 1 aromatic rings. The van der Waals surface area contributed by atoms with Crippen LogP contribution in [0.4, 0.5) is 4.79 Å². The third-order valence-electron chi connectivity index (χ3n) is 4.25. The Morgan fingerprint density at radius 3 is 2.86 bits per heavy atom. The topological polar surface area (TPSA) is 59.0 Å². The van der Waals surface area contributed by atoms with Crippen molar-refractivity contribution in [3.8, 4) is 0 Å². The second kappa shape index (κ2) is 7.90. The van der Waals surface area contributed by atoms with Gasteiger partial charge in [0.05, 0.1) is 5.69 Å². The molecular formula is C16H28N4OS. The summed E-state index contributed by atoms with van der Waals surface area (Å²) < 4.78 is 2.01. The SMILES string of the molecule is CS[C@@H]1CC[C@@H](NC(=O)NC[C@H](C)Cn2nc(C)cc2C)C1. The zero-order chi connectivity index (χ0) is 16.1. The van der Waals surface area contributed by atoms with E-state index in [9.17, 15) is 4.79 Å². The zero-order valence-electron chi connectivity index (χ0n) is 14.1. The molecule has 0 bridgehead atoms. The van der Waals surface area contributed by atoms with Gasteiger partial charge >= 0.3 is 6.03 Å². The number of hydrogen-bond donors (Lipinski definition) is 2. The summed E-state index contributed by atoms with van der Waals surface area (Å²) in [5.74, 6) is 0.353. The van der Waals surface area contributed by atoms with E-state index in [0.717, 1.165) is 25.1 Å². The third kappa shape index (κ3) is 4.93. The molecule has 1 fully saturated rings. The maximum atomic E-state index is 12.0. The average Bonchev–Trinajstić information content (AvgIpc) is 3.03. The predicted octanol–water partition coefficient (Wildman–Crippen LogP) is 2.72. The molecule has 0 spiro atoms. The first-order valence-electron chi connectivity index (χ1n) is 8.06. The number of nitrogens with zero attached hydrogens (tertiary/aromatic N) is 2. The summed E-state index contributed by atoms with van der Waals surface area (Å²) in [4.78, 5) is 12.0. The quantitative estimate of drug-likeness (QED) is 0.846. The Kier molecular flexibility index (Phi) is 6.17. The highest BCUT2D eigenvalue weighted by Gasteiger charge is 2.25. The van der Waals surface area contributed by atoms with Gasteiger partial charge in [0.1, 0.15) is 0 Å². The molecule has 3 atom stereocenters. The van der Waals surface area contributed by atoms with Gasteiger partial charge in [-0.3, -0.25) is 4.68 Å². The number of hydrogen-bond acceptors (Lipinski definition) is 3. The second-order valence-corrected chi connectivity index (χ2v) is 7.57. The number of carbonyl (C=O) groups is 1. The fourth-order valence-electron chi connectivity index (χ4n) is 3.01. The number of carbonyl (C=O) groups excluding carboxylic acids is 1. The Morgan fingerprint density at radius 1 is 1.50 bits per heavy atom. The van der Waals surface area contributed by atoms with Crippen LogP contribution in [0.5, 0.6) is 0 Å². The molecule has 0 aromatic carbocycles. The molecule has 22 heavy (non-hydrogen) atoms. The lowest BCUT2D eigenvalue weighted by Crippen LogP contribution is -2.43. The van der Waals surface area contributed by atoms with Gasteiger partial charge in [0.15, 0.2) is 0 Å². The van der Waals surface area contributed by atoms with Gasteiger partial charge in [-0.25, -0.2) is 4.79 Å². The van der Waals surface area contributed by atoms with E-state index in [2.05, 4.69) is 41.9 Å². The predicted molar refractivity (Wildman–Crippen MR) is 92.3 cm³/mol. The summed E-state index contributed by atoms with van der Waals surface area (Å²) in [6.07, 6.45) is 5.55. The highest BCUT2D eigenvalue weighted by atomic mass is 32.2. The molecule has 1 aromatic heterocycles. The Bertz CT molecular complexity index is 502. The number of urea groups is 1. The fourth-order valence-corrected chi connectivity index (χ4v) is 3.80. The number of aryl methyl sites for hydroxylation is 2. The summed E-state index contributed by atoms with van der Waals surface area (Å²) in [6.45, 7) is 7.70. The normalized spacial score (nSPS) is 22.5. The first-order valence-corrected chi connectivity index (χ1v) is 9.35. The molecule has 0 aliphatic heterocycles. The lowest BCUT2D eigenvalue weighted by molar-refractivity contribution is 0.234. The molecule has 124 valence electrons. The van der Waals surface area contributed by atoms with Crippen LogP contribution in [0.2, 0.25) is 0 Å². The van der Waals surface area contributed by atoms with Crippen LogP contribution in [0.15, 0.2) is 6.07 Å². The minimum Gasteiger partial charge on any atom is -0.338 e. The number of nitrogens with one attached hydrogen (secondary N) is 2. The van der Waals surface area contributed by atoms with E-state index >= 15 is 0 Å². The number of thioether (sulfide) groups is 1. The summed E-state index contributed by atoms with van der Waals surface area (Å²) in [6, 6.07) is 2.38. The number of rotatable bonds is 6. The van der Waals surface area contributed by atoms with Gasteiger partial charge in [-0.2, -0.15) is 16.9 Å². The van der Waals surface area contributed by atoms with Crippen molar-refractivity contribution in [1.82, 2.24) is 20.4 Å². The number of aromatic nitrogens is 2. The molecule has 2 rings (SSSR count). The largest absolute Gasteiger partial charge is 0.338 e. The van der Waals surface area contributed by atoms with Gasteiger partial charge in [0.25, 0.3) is 0 Å². The third-order valence-corrected chi connectivity index (χ3v) is 5.35. The molecule has 0 radical (unpaired) electrons. The molecule has 6 heteroatoms. The standard InChI is InChI=1S/C16H28N4OS/c1-11(10-20-13(3)7-12(2)19-20)9-17-16(21)18-14-5-6-15(8-14)22-4/h7,11,14-15H,5-6,8-10H2,1-4H3,(H2,17,18,21)/t11-,14+,15+/m0/s1. The molecule has 2 N–H and O–H groups in total. The highest BCUT2D eigenvalue weighted by Crippen LogP contribution is 2.27. The van der Waals surface area contributed by atoms with Crippen molar-refractivity contribution in [2.24, 2.45) is 5.92 Å². The van der Waals surface area contributed by atoms with Crippen LogP contribution in [-0.4, -0.2) is 39.9 Å². The molecule has 1 aliphatic rings. The fraction of sp³-hybridized carbons (Fsp3) is 0.750. The Hall–Kier alpha value is -1.17. The van der Waals surface area contributed by atoms with E-state index < -0.39 is 0 Å². The van der Waals surface area contributed by atoms with Crippen molar-refractivity contribution in [2.45, 2.75) is 57.9 Å². The minimum atomic E-state index is -0.0352. The first-order chi connectivity index (χ1) is 10.5. The van der Waals surface area contributed by atoms with Crippen LogP contribution >= 0.6 is 11.8 Å². The molecule has 2 amide bonds. The van der Waals surface area contributed by atoms with E-state index in [1.54, 1.807) is 0 Å². The molecule has 5 nitrogen and oxygen atoms in total. The van der Waals surface area contributed by atoms with E-state index in [1.807, 2.05) is 23.4 Å². The molecular weight excluding hydrogens is 296 g/mol. The Balaban J connectivity index is 1.68. The van der Waals surface area contributed by atoms with E-state index in [-0.39, 0.29) is 6.03 Å². The Labute approximate surface area is 137 Å². The van der Waals surface area contributed by atoms with Gasteiger partial charge in [-0.05, 0) is 51.3 Å². The molecule has 1 saturated carbocycles.